The summed E-state index contributed by atoms with van der Waals surface area (Å²) in [7, 11) is 0. The third-order valence-corrected chi connectivity index (χ3v) is 13.1. The molecule has 0 radical (unpaired) electrons. The number of carbonyl (C=O) groups excluding carboxylic acids is 3. The molecule has 0 bridgehead atoms. The monoisotopic (exact) mass is 975 g/mol. The lowest BCUT2D eigenvalue weighted by Crippen LogP contribution is -2.30. The molecular formula is C60H110O9. The summed E-state index contributed by atoms with van der Waals surface area (Å²) < 4.78 is 16.8. The van der Waals surface area contributed by atoms with E-state index < -0.39 is 24.9 Å². The van der Waals surface area contributed by atoms with Crippen LogP contribution in [-0.2, 0) is 28.6 Å². The van der Waals surface area contributed by atoms with Crippen molar-refractivity contribution in [1.29, 1.82) is 0 Å². The largest absolute Gasteiger partial charge is 0.462 e. The van der Waals surface area contributed by atoms with Gasteiger partial charge in [-0.15, -0.1) is 0 Å². The Hall–Kier alpha value is -2.49. The number of carbonyl (C=O) groups is 3. The van der Waals surface area contributed by atoms with Crippen LogP contribution in [0.3, 0.4) is 0 Å². The van der Waals surface area contributed by atoms with Gasteiger partial charge in [-0.3, -0.25) is 14.4 Å². The Morgan fingerprint density at radius 1 is 0.362 bits per heavy atom. The topological polar surface area (TPSA) is 140 Å². The summed E-state index contributed by atoms with van der Waals surface area (Å²) in [4.78, 5) is 38.1. The first kappa shape index (κ1) is 66.5. The Labute approximate surface area is 424 Å². The number of hydrogen-bond acceptors (Lipinski definition) is 9. The average molecular weight is 976 g/mol. The van der Waals surface area contributed by atoms with Crippen LogP contribution in [0.4, 0.5) is 0 Å². The van der Waals surface area contributed by atoms with E-state index in [2.05, 4.69) is 50.3 Å². The lowest BCUT2D eigenvalue weighted by atomic mass is 10.0. The van der Waals surface area contributed by atoms with Crippen LogP contribution in [0, 0.1) is 0 Å². The van der Waals surface area contributed by atoms with Gasteiger partial charge in [0.25, 0.3) is 0 Å². The minimum Gasteiger partial charge on any atom is -0.462 e. The maximum atomic E-state index is 12.8. The summed E-state index contributed by atoms with van der Waals surface area (Å²) in [6.45, 7) is 3.92. The van der Waals surface area contributed by atoms with E-state index in [1.807, 2.05) is 0 Å². The zero-order chi connectivity index (χ0) is 50.4. The second kappa shape index (κ2) is 54.8. The van der Waals surface area contributed by atoms with Gasteiger partial charge in [0.05, 0.1) is 12.7 Å². The molecule has 0 aromatic heterocycles. The van der Waals surface area contributed by atoms with Crippen molar-refractivity contribution in [3.63, 3.8) is 0 Å². The maximum Gasteiger partial charge on any atom is 0.306 e. The highest BCUT2D eigenvalue weighted by molar-refractivity contribution is 5.71. The standard InChI is InChI=1S/C60H110O9/c1-3-5-7-9-11-13-15-17-20-25-29-33-37-41-45-49-58(64)67-53-55(69-60(66)51-47-43-39-35-31-27-21-18-16-14-12-10-8-6-4-2)54-68-59(65)50-46-42-38-34-30-26-23-19-22-24-28-32-36-40-44-48-56(62)57(63)52-61/h17-21,23,55-57,61-63H,3-16,22,24-54H2,1-2H3/b20-17-,21-18-,23-19-. The third kappa shape index (κ3) is 51.7. The number of aliphatic hydroxyl groups is 3. The normalized spacial score (nSPS) is 13.2. The van der Waals surface area contributed by atoms with Crippen LogP contribution in [0.15, 0.2) is 36.5 Å². The molecule has 0 aromatic rings. The van der Waals surface area contributed by atoms with Crippen LogP contribution in [0.2, 0.25) is 0 Å². The Morgan fingerprint density at radius 2 is 0.638 bits per heavy atom. The SMILES string of the molecule is CCCCCCCC/C=C\CCCCCCCC(=O)OCC(COC(=O)CCCCCCC/C=C\CCCCCCCCC(O)C(O)CO)OC(=O)CCCCCCC/C=C\CCCCCCCC. The van der Waals surface area contributed by atoms with E-state index in [4.69, 9.17) is 19.3 Å². The van der Waals surface area contributed by atoms with Gasteiger partial charge in [-0.1, -0.05) is 204 Å². The Bertz CT molecular complexity index is 1200. The van der Waals surface area contributed by atoms with Crippen LogP contribution in [-0.4, -0.2) is 71.4 Å². The van der Waals surface area contributed by atoms with Gasteiger partial charge in [0, 0.05) is 19.3 Å². The second-order valence-electron chi connectivity index (χ2n) is 19.9. The zero-order valence-corrected chi connectivity index (χ0v) is 45.0. The van der Waals surface area contributed by atoms with E-state index in [1.165, 1.54) is 122 Å². The molecule has 0 fully saturated rings. The summed E-state index contributed by atoms with van der Waals surface area (Å²) in [5, 5.41) is 28.0. The first-order valence-corrected chi connectivity index (χ1v) is 29.3. The molecule has 69 heavy (non-hydrogen) atoms. The average Bonchev–Trinajstić information content (AvgIpc) is 3.35. The van der Waals surface area contributed by atoms with Crippen LogP contribution >= 0.6 is 0 Å². The third-order valence-electron chi connectivity index (χ3n) is 13.1. The molecule has 9 nitrogen and oxygen atoms in total. The van der Waals surface area contributed by atoms with Crippen molar-refractivity contribution in [2.45, 2.75) is 308 Å². The molecule has 0 aliphatic carbocycles. The smallest absolute Gasteiger partial charge is 0.306 e. The molecule has 0 aromatic carbocycles. The lowest BCUT2D eigenvalue weighted by molar-refractivity contribution is -0.167. The molecule has 9 heteroatoms. The van der Waals surface area contributed by atoms with E-state index in [0.29, 0.717) is 25.7 Å². The lowest BCUT2D eigenvalue weighted by Gasteiger charge is -2.18. The Kier molecular flexibility index (Phi) is 52.9. The summed E-state index contributed by atoms with van der Waals surface area (Å²) in [6.07, 6.45) is 57.6. The van der Waals surface area contributed by atoms with Gasteiger partial charge in [-0.25, -0.2) is 0 Å². The van der Waals surface area contributed by atoms with Gasteiger partial charge in [0.1, 0.15) is 19.3 Å². The molecule has 0 heterocycles. The van der Waals surface area contributed by atoms with Crippen molar-refractivity contribution in [3.8, 4) is 0 Å². The summed E-state index contributed by atoms with van der Waals surface area (Å²) >= 11 is 0. The number of aliphatic hydroxyl groups excluding tert-OH is 3. The number of unbranched alkanes of at least 4 members (excludes halogenated alkanes) is 33. The van der Waals surface area contributed by atoms with Crippen LogP contribution in [0.5, 0.6) is 0 Å². The van der Waals surface area contributed by atoms with Gasteiger partial charge in [-0.05, 0) is 103 Å². The molecule has 0 aliphatic heterocycles. The van der Waals surface area contributed by atoms with E-state index in [-0.39, 0.29) is 31.1 Å². The van der Waals surface area contributed by atoms with Crippen molar-refractivity contribution in [2.75, 3.05) is 19.8 Å². The molecule has 0 saturated carbocycles. The highest BCUT2D eigenvalue weighted by atomic mass is 16.6. The number of hydrogen-bond donors (Lipinski definition) is 3. The van der Waals surface area contributed by atoms with Crippen LogP contribution in [0.1, 0.15) is 290 Å². The van der Waals surface area contributed by atoms with E-state index in [1.54, 1.807) is 0 Å². The molecule has 0 saturated heterocycles. The van der Waals surface area contributed by atoms with Crippen molar-refractivity contribution in [3.05, 3.63) is 36.5 Å². The fourth-order valence-corrected chi connectivity index (χ4v) is 8.49. The maximum absolute atomic E-state index is 12.8. The van der Waals surface area contributed by atoms with E-state index in [0.717, 1.165) is 128 Å². The summed E-state index contributed by atoms with van der Waals surface area (Å²) in [6, 6.07) is 0. The van der Waals surface area contributed by atoms with Gasteiger partial charge in [0.2, 0.25) is 0 Å². The number of rotatable bonds is 54. The minimum atomic E-state index is -1.03. The number of ether oxygens (including phenoxy) is 3. The van der Waals surface area contributed by atoms with Crippen molar-refractivity contribution < 1.29 is 43.9 Å². The minimum absolute atomic E-state index is 0.101. The van der Waals surface area contributed by atoms with Gasteiger partial charge in [0.15, 0.2) is 6.10 Å². The van der Waals surface area contributed by atoms with Crippen LogP contribution in [0.25, 0.3) is 0 Å². The van der Waals surface area contributed by atoms with E-state index in [9.17, 15) is 24.6 Å². The van der Waals surface area contributed by atoms with Gasteiger partial charge >= 0.3 is 17.9 Å². The quantitative estimate of drug-likeness (QED) is 0.0235. The molecule has 3 atom stereocenters. The highest BCUT2D eigenvalue weighted by Gasteiger charge is 2.20. The van der Waals surface area contributed by atoms with Gasteiger partial charge < -0.3 is 29.5 Å². The van der Waals surface area contributed by atoms with E-state index >= 15 is 0 Å². The Morgan fingerprint density at radius 3 is 0.957 bits per heavy atom. The molecule has 404 valence electrons. The fourth-order valence-electron chi connectivity index (χ4n) is 8.49. The molecule has 3 unspecified atom stereocenters. The predicted octanol–water partition coefficient (Wildman–Crippen LogP) is 16.2. The first-order chi connectivity index (χ1) is 33.8. The zero-order valence-electron chi connectivity index (χ0n) is 45.0. The second-order valence-corrected chi connectivity index (χ2v) is 19.9. The molecule has 3 N–H and O–H groups in total. The number of esters is 3. The van der Waals surface area contributed by atoms with Crippen molar-refractivity contribution in [2.24, 2.45) is 0 Å². The van der Waals surface area contributed by atoms with Crippen molar-refractivity contribution in [1.82, 2.24) is 0 Å². The Balaban J connectivity index is 4.37. The summed E-state index contributed by atoms with van der Waals surface area (Å²) in [5.41, 5.74) is 0. The molecule has 0 spiro atoms. The fraction of sp³-hybridized carbons (Fsp3) is 0.850. The molecule has 0 aliphatic rings. The highest BCUT2D eigenvalue weighted by Crippen LogP contribution is 2.16. The van der Waals surface area contributed by atoms with Gasteiger partial charge in [-0.2, -0.15) is 0 Å². The predicted molar refractivity (Wildman–Crippen MR) is 288 cm³/mol. The van der Waals surface area contributed by atoms with Crippen molar-refractivity contribution >= 4 is 17.9 Å². The molecular weight excluding hydrogens is 865 g/mol. The van der Waals surface area contributed by atoms with Crippen LogP contribution < -0.4 is 0 Å². The summed E-state index contributed by atoms with van der Waals surface area (Å²) in [5.74, 6) is -0.952. The number of allylic oxidation sites excluding steroid dienone is 6. The molecule has 0 amide bonds. The first-order valence-electron chi connectivity index (χ1n) is 29.3. The molecule has 0 rings (SSSR count).